The molecule has 1 aromatic heterocycles. The highest BCUT2D eigenvalue weighted by atomic mass is 19.1. The summed E-state index contributed by atoms with van der Waals surface area (Å²) in [6.45, 7) is 4.06. The number of benzene rings is 1. The zero-order valence-corrected chi connectivity index (χ0v) is 17.1. The van der Waals surface area contributed by atoms with Gasteiger partial charge >= 0.3 is 0 Å². The molecule has 30 heavy (non-hydrogen) atoms. The number of carbonyl (C=O) groups is 1. The number of hydrogen-bond acceptors (Lipinski definition) is 5. The molecule has 1 amide bonds. The van der Waals surface area contributed by atoms with Crippen molar-refractivity contribution in [2.75, 3.05) is 32.8 Å². The smallest absolute Gasteiger partial charge is 0.237 e. The molecule has 1 aromatic carbocycles. The zero-order valence-electron chi connectivity index (χ0n) is 17.1. The molecule has 2 aliphatic rings. The van der Waals surface area contributed by atoms with Gasteiger partial charge in [0.25, 0.3) is 0 Å². The second-order valence-electron chi connectivity index (χ2n) is 8.05. The standard InChI is InChI=1S/C23H29FN4O2/c24-19-12-17(14-25-15-19)16-28-9-3-11-30-22-5-2-1-4-20(22)18-6-7-26-21(13-18)23(29)27-8-10-28/h1-2,4-5,12,14-15,18,21,26H,3,6-11,13,16H2,(H,27,29)/t18-,21+/m0/s1. The van der Waals surface area contributed by atoms with E-state index in [0.717, 1.165) is 43.7 Å². The zero-order chi connectivity index (χ0) is 20.8. The Morgan fingerprint density at radius 3 is 3.00 bits per heavy atom. The second-order valence-corrected chi connectivity index (χ2v) is 8.05. The van der Waals surface area contributed by atoms with E-state index < -0.39 is 0 Å². The first kappa shape index (κ1) is 20.8. The fourth-order valence-electron chi connectivity index (χ4n) is 4.35. The van der Waals surface area contributed by atoms with E-state index in [1.807, 2.05) is 18.2 Å². The van der Waals surface area contributed by atoms with Crippen LogP contribution in [0.1, 0.15) is 36.3 Å². The van der Waals surface area contributed by atoms with Crippen LogP contribution < -0.4 is 15.4 Å². The van der Waals surface area contributed by atoms with Crippen LogP contribution in [0.4, 0.5) is 4.39 Å². The van der Waals surface area contributed by atoms with Crippen molar-refractivity contribution in [1.82, 2.24) is 20.5 Å². The molecule has 0 spiro atoms. The maximum absolute atomic E-state index is 13.5. The number of nitrogens with zero attached hydrogens (tertiary/aromatic N) is 2. The number of aromatic nitrogens is 1. The lowest BCUT2D eigenvalue weighted by atomic mass is 9.85. The normalized spacial score (nSPS) is 23.6. The minimum absolute atomic E-state index is 0.0440. The maximum Gasteiger partial charge on any atom is 0.237 e. The number of pyridine rings is 1. The largest absolute Gasteiger partial charge is 0.493 e. The molecule has 0 unspecified atom stereocenters. The Kier molecular flexibility index (Phi) is 6.92. The molecule has 0 aliphatic carbocycles. The molecule has 4 rings (SSSR count). The highest BCUT2D eigenvalue weighted by Crippen LogP contribution is 2.34. The first-order chi connectivity index (χ1) is 14.7. The van der Waals surface area contributed by atoms with Gasteiger partial charge in [-0.05, 0) is 55.0 Å². The molecule has 2 atom stereocenters. The molecule has 1 saturated heterocycles. The van der Waals surface area contributed by atoms with E-state index in [1.54, 1.807) is 6.20 Å². The van der Waals surface area contributed by atoms with Crippen molar-refractivity contribution in [1.29, 1.82) is 0 Å². The van der Waals surface area contributed by atoms with Gasteiger partial charge in [-0.15, -0.1) is 0 Å². The van der Waals surface area contributed by atoms with Crippen molar-refractivity contribution in [2.45, 2.75) is 37.8 Å². The lowest BCUT2D eigenvalue weighted by Gasteiger charge is -2.31. The van der Waals surface area contributed by atoms with E-state index in [2.05, 4.69) is 26.6 Å². The number of hydrogen-bond donors (Lipinski definition) is 2. The molecule has 1 fully saturated rings. The molecule has 2 aliphatic heterocycles. The second kappa shape index (κ2) is 10.00. The van der Waals surface area contributed by atoms with Crippen LogP contribution in [0.3, 0.4) is 0 Å². The van der Waals surface area contributed by atoms with Crippen molar-refractivity contribution in [2.24, 2.45) is 0 Å². The summed E-state index contributed by atoms with van der Waals surface area (Å²) in [5.41, 5.74) is 2.02. The Labute approximate surface area is 176 Å². The number of para-hydroxylation sites is 1. The third-order valence-electron chi connectivity index (χ3n) is 5.85. The lowest BCUT2D eigenvalue weighted by molar-refractivity contribution is -0.123. The highest BCUT2D eigenvalue weighted by molar-refractivity contribution is 5.82. The summed E-state index contributed by atoms with van der Waals surface area (Å²) >= 11 is 0. The van der Waals surface area contributed by atoms with Gasteiger partial charge in [0.15, 0.2) is 0 Å². The Morgan fingerprint density at radius 2 is 2.10 bits per heavy atom. The summed E-state index contributed by atoms with van der Waals surface area (Å²) in [5.74, 6) is 0.947. The number of piperidine rings is 1. The summed E-state index contributed by atoms with van der Waals surface area (Å²) in [5, 5.41) is 6.43. The first-order valence-electron chi connectivity index (χ1n) is 10.7. The molecular weight excluding hydrogens is 383 g/mol. The average molecular weight is 413 g/mol. The third kappa shape index (κ3) is 5.34. The van der Waals surface area contributed by atoms with Gasteiger partial charge in [-0.2, -0.15) is 0 Å². The minimum atomic E-state index is -0.333. The van der Waals surface area contributed by atoms with Gasteiger partial charge in [0.05, 0.1) is 18.8 Å². The summed E-state index contributed by atoms with van der Waals surface area (Å²) in [4.78, 5) is 18.9. The van der Waals surface area contributed by atoms with E-state index in [-0.39, 0.29) is 17.8 Å². The number of fused-ring (bicyclic) bond motifs is 4. The van der Waals surface area contributed by atoms with Crippen molar-refractivity contribution >= 4 is 5.91 Å². The van der Waals surface area contributed by atoms with Gasteiger partial charge in [0, 0.05) is 32.4 Å². The topological polar surface area (TPSA) is 66.5 Å². The van der Waals surface area contributed by atoms with Crippen LogP contribution in [0, 0.1) is 5.82 Å². The number of ether oxygens (including phenoxy) is 1. The monoisotopic (exact) mass is 412 g/mol. The van der Waals surface area contributed by atoms with Crippen LogP contribution in [0.15, 0.2) is 42.7 Å². The summed E-state index contributed by atoms with van der Waals surface area (Å²) in [6, 6.07) is 9.49. The fourth-order valence-corrected chi connectivity index (χ4v) is 4.35. The van der Waals surface area contributed by atoms with Crippen LogP contribution in [-0.4, -0.2) is 54.6 Å². The van der Waals surface area contributed by atoms with Crippen LogP contribution in [0.25, 0.3) is 0 Å². The van der Waals surface area contributed by atoms with E-state index in [4.69, 9.17) is 4.74 Å². The van der Waals surface area contributed by atoms with Gasteiger partial charge in [0.1, 0.15) is 11.6 Å². The number of carbonyl (C=O) groups excluding carboxylic acids is 1. The van der Waals surface area contributed by atoms with Gasteiger partial charge in [-0.1, -0.05) is 18.2 Å². The van der Waals surface area contributed by atoms with Crippen LogP contribution in [0.5, 0.6) is 5.75 Å². The van der Waals surface area contributed by atoms with Crippen molar-refractivity contribution in [3.05, 3.63) is 59.7 Å². The van der Waals surface area contributed by atoms with Crippen LogP contribution in [-0.2, 0) is 11.3 Å². The lowest BCUT2D eigenvalue weighted by Crippen LogP contribution is -2.49. The maximum atomic E-state index is 13.5. The molecule has 0 saturated carbocycles. The Hall–Kier alpha value is -2.51. The third-order valence-corrected chi connectivity index (χ3v) is 5.85. The van der Waals surface area contributed by atoms with Gasteiger partial charge in [0.2, 0.25) is 5.91 Å². The average Bonchev–Trinajstić information content (AvgIpc) is 2.76. The van der Waals surface area contributed by atoms with Crippen molar-refractivity contribution in [3.8, 4) is 5.75 Å². The molecule has 2 aromatic rings. The van der Waals surface area contributed by atoms with Crippen LogP contribution in [0.2, 0.25) is 0 Å². The van der Waals surface area contributed by atoms with Crippen molar-refractivity contribution < 1.29 is 13.9 Å². The molecule has 2 N–H and O–H groups in total. The van der Waals surface area contributed by atoms with Crippen LogP contribution >= 0.6 is 0 Å². The van der Waals surface area contributed by atoms with Crippen molar-refractivity contribution in [3.63, 3.8) is 0 Å². The predicted octanol–water partition coefficient (Wildman–Crippen LogP) is 2.46. The quantitative estimate of drug-likeness (QED) is 0.793. The minimum Gasteiger partial charge on any atom is -0.493 e. The summed E-state index contributed by atoms with van der Waals surface area (Å²) in [7, 11) is 0. The predicted molar refractivity (Wildman–Crippen MR) is 113 cm³/mol. The van der Waals surface area contributed by atoms with E-state index in [0.29, 0.717) is 32.2 Å². The highest BCUT2D eigenvalue weighted by Gasteiger charge is 2.29. The fraction of sp³-hybridized carbons (Fsp3) is 0.478. The molecule has 6 nitrogen and oxygen atoms in total. The van der Waals surface area contributed by atoms with E-state index in [1.165, 1.54) is 17.8 Å². The summed E-state index contributed by atoms with van der Waals surface area (Å²) in [6.07, 6.45) is 5.51. The first-order valence-corrected chi connectivity index (χ1v) is 10.7. The molecule has 0 radical (unpaired) electrons. The molecule has 7 heteroatoms. The van der Waals surface area contributed by atoms with E-state index in [9.17, 15) is 9.18 Å². The number of amides is 1. The molecular formula is C23H29FN4O2. The number of halogens is 1. The molecule has 2 bridgehead atoms. The molecule has 160 valence electrons. The number of nitrogens with one attached hydrogen (secondary N) is 2. The SMILES string of the molecule is O=C1NCCN(Cc2cncc(F)c2)CCCOc2ccccc2[C@H]2CCN[C@@H]1C2. The van der Waals surface area contributed by atoms with Gasteiger partial charge in [-0.25, -0.2) is 4.39 Å². The Morgan fingerprint density at radius 1 is 1.20 bits per heavy atom. The summed E-state index contributed by atoms with van der Waals surface area (Å²) < 4.78 is 19.7. The van der Waals surface area contributed by atoms with E-state index >= 15 is 0 Å². The Balaban J connectivity index is 1.49. The Bertz CT molecular complexity index is 863. The van der Waals surface area contributed by atoms with Gasteiger partial charge in [-0.3, -0.25) is 14.7 Å². The molecule has 3 heterocycles. The van der Waals surface area contributed by atoms with Gasteiger partial charge < -0.3 is 15.4 Å². The number of rotatable bonds is 2.